The number of hydrogen-bond acceptors (Lipinski definition) is 3. The molecular formula is C16H24N4O. The number of aromatic nitrogens is 3. The van der Waals surface area contributed by atoms with Gasteiger partial charge >= 0.3 is 0 Å². The third kappa shape index (κ3) is 3.18. The van der Waals surface area contributed by atoms with Crippen LogP contribution in [-0.2, 0) is 6.54 Å². The summed E-state index contributed by atoms with van der Waals surface area (Å²) in [5.74, 6) is 0.824. The van der Waals surface area contributed by atoms with Crippen molar-refractivity contribution in [3.63, 3.8) is 0 Å². The zero-order valence-corrected chi connectivity index (χ0v) is 12.9. The standard InChI is InChI=1S/C16H24N4O/c1-12-4-3-5-14(10-12)17-6-7-19-8-9-20-15(16(19)21)11-13(2)18-20/h8-9,11-12,14,17H,3-7,10H2,1-2H3. The minimum Gasteiger partial charge on any atom is -0.312 e. The Morgan fingerprint density at radius 1 is 1.38 bits per heavy atom. The van der Waals surface area contributed by atoms with E-state index < -0.39 is 0 Å². The Morgan fingerprint density at radius 2 is 2.24 bits per heavy atom. The number of nitrogens with one attached hydrogen (secondary N) is 1. The molecule has 5 nitrogen and oxygen atoms in total. The molecule has 2 atom stereocenters. The first kappa shape index (κ1) is 14.3. The van der Waals surface area contributed by atoms with Crippen molar-refractivity contribution < 1.29 is 0 Å². The third-order valence-electron chi connectivity index (χ3n) is 4.45. The number of rotatable bonds is 4. The van der Waals surface area contributed by atoms with E-state index in [-0.39, 0.29) is 5.56 Å². The first-order valence-corrected chi connectivity index (χ1v) is 7.92. The van der Waals surface area contributed by atoms with Crippen LogP contribution >= 0.6 is 0 Å². The van der Waals surface area contributed by atoms with Crippen molar-refractivity contribution >= 4 is 5.52 Å². The van der Waals surface area contributed by atoms with E-state index in [1.807, 2.05) is 25.4 Å². The van der Waals surface area contributed by atoms with Gasteiger partial charge in [-0.2, -0.15) is 5.10 Å². The molecule has 2 aromatic heterocycles. The second-order valence-electron chi connectivity index (χ2n) is 6.34. The molecule has 1 aliphatic carbocycles. The van der Waals surface area contributed by atoms with Gasteiger partial charge in [0.15, 0.2) is 0 Å². The molecule has 0 spiro atoms. The molecule has 0 radical (unpaired) electrons. The minimum atomic E-state index is 0.0388. The van der Waals surface area contributed by atoms with Gasteiger partial charge in [0.05, 0.1) is 5.69 Å². The van der Waals surface area contributed by atoms with Gasteiger partial charge in [-0.3, -0.25) is 4.79 Å². The predicted octanol–water partition coefficient (Wildman–Crippen LogP) is 1.97. The predicted molar refractivity (Wildman–Crippen MR) is 83.6 cm³/mol. The molecule has 1 aliphatic rings. The number of fused-ring (bicyclic) bond motifs is 1. The van der Waals surface area contributed by atoms with E-state index in [1.54, 1.807) is 9.08 Å². The number of hydrogen-bond donors (Lipinski definition) is 1. The van der Waals surface area contributed by atoms with E-state index in [4.69, 9.17) is 0 Å². The molecule has 114 valence electrons. The van der Waals surface area contributed by atoms with Crippen LogP contribution in [0.5, 0.6) is 0 Å². The summed E-state index contributed by atoms with van der Waals surface area (Å²) in [4.78, 5) is 12.4. The fourth-order valence-electron chi connectivity index (χ4n) is 3.33. The molecule has 3 rings (SSSR count). The van der Waals surface area contributed by atoms with Crippen LogP contribution in [0.2, 0.25) is 0 Å². The Kier molecular flexibility index (Phi) is 4.10. The lowest BCUT2D eigenvalue weighted by molar-refractivity contribution is 0.299. The van der Waals surface area contributed by atoms with Gasteiger partial charge in [0.25, 0.3) is 5.56 Å². The van der Waals surface area contributed by atoms with E-state index in [1.165, 1.54) is 25.7 Å². The van der Waals surface area contributed by atoms with E-state index in [0.29, 0.717) is 18.1 Å². The van der Waals surface area contributed by atoms with Crippen molar-refractivity contribution in [1.29, 1.82) is 0 Å². The zero-order chi connectivity index (χ0) is 14.8. The third-order valence-corrected chi connectivity index (χ3v) is 4.45. The van der Waals surface area contributed by atoms with Crippen LogP contribution < -0.4 is 10.9 Å². The van der Waals surface area contributed by atoms with E-state index in [0.717, 1.165) is 18.2 Å². The molecule has 2 unspecified atom stereocenters. The molecule has 0 amide bonds. The molecule has 2 aromatic rings. The van der Waals surface area contributed by atoms with Crippen LogP contribution in [-0.4, -0.2) is 26.8 Å². The van der Waals surface area contributed by atoms with Gasteiger partial charge in [0.2, 0.25) is 0 Å². The highest BCUT2D eigenvalue weighted by atomic mass is 16.1. The van der Waals surface area contributed by atoms with Gasteiger partial charge in [-0.25, -0.2) is 4.52 Å². The normalized spacial score (nSPS) is 22.8. The van der Waals surface area contributed by atoms with E-state index in [9.17, 15) is 4.79 Å². The monoisotopic (exact) mass is 288 g/mol. The van der Waals surface area contributed by atoms with Crippen LogP contribution in [0.3, 0.4) is 0 Å². The number of nitrogens with zero attached hydrogens (tertiary/aromatic N) is 3. The average Bonchev–Trinajstić information content (AvgIpc) is 2.83. The van der Waals surface area contributed by atoms with Crippen molar-refractivity contribution in [3.05, 3.63) is 34.5 Å². The van der Waals surface area contributed by atoms with Crippen LogP contribution in [0.15, 0.2) is 23.3 Å². The maximum atomic E-state index is 12.4. The van der Waals surface area contributed by atoms with Crippen LogP contribution in [0, 0.1) is 12.8 Å². The summed E-state index contributed by atoms with van der Waals surface area (Å²) >= 11 is 0. The summed E-state index contributed by atoms with van der Waals surface area (Å²) in [5.41, 5.74) is 1.57. The lowest BCUT2D eigenvalue weighted by atomic mass is 9.87. The van der Waals surface area contributed by atoms with Gasteiger partial charge in [0.1, 0.15) is 5.52 Å². The Labute approximate surface area is 125 Å². The topological polar surface area (TPSA) is 51.3 Å². The van der Waals surface area contributed by atoms with Gasteiger partial charge in [-0.05, 0) is 31.7 Å². The zero-order valence-electron chi connectivity index (χ0n) is 12.9. The largest absolute Gasteiger partial charge is 0.312 e. The van der Waals surface area contributed by atoms with Crippen molar-refractivity contribution in [2.75, 3.05) is 6.54 Å². The van der Waals surface area contributed by atoms with E-state index in [2.05, 4.69) is 17.3 Å². The quantitative estimate of drug-likeness (QED) is 0.936. The SMILES string of the molecule is Cc1cc2c(=O)n(CCNC3CCCC(C)C3)ccn2n1. The molecular weight excluding hydrogens is 264 g/mol. The second-order valence-corrected chi connectivity index (χ2v) is 6.34. The average molecular weight is 288 g/mol. The molecule has 0 bridgehead atoms. The van der Waals surface area contributed by atoms with Crippen LogP contribution in [0.1, 0.15) is 38.3 Å². The molecule has 21 heavy (non-hydrogen) atoms. The highest BCUT2D eigenvalue weighted by Gasteiger charge is 2.17. The summed E-state index contributed by atoms with van der Waals surface area (Å²) in [6.07, 6.45) is 8.88. The maximum Gasteiger partial charge on any atom is 0.276 e. The maximum absolute atomic E-state index is 12.4. The summed E-state index contributed by atoms with van der Waals surface area (Å²) in [6.45, 7) is 5.79. The Hall–Kier alpha value is -1.62. The summed E-state index contributed by atoms with van der Waals surface area (Å²) in [7, 11) is 0. The smallest absolute Gasteiger partial charge is 0.276 e. The molecule has 1 saturated carbocycles. The van der Waals surface area contributed by atoms with Gasteiger partial charge in [0, 0.05) is 31.5 Å². The number of aryl methyl sites for hydroxylation is 1. The molecule has 0 saturated heterocycles. The Balaban J connectivity index is 1.63. The minimum absolute atomic E-state index is 0.0388. The Morgan fingerprint density at radius 3 is 3.05 bits per heavy atom. The first-order chi connectivity index (χ1) is 10.1. The fourth-order valence-corrected chi connectivity index (χ4v) is 3.33. The van der Waals surface area contributed by atoms with Crippen molar-refractivity contribution in [3.8, 4) is 0 Å². The first-order valence-electron chi connectivity index (χ1n) is 7.92. The lowest BCUT2D eigenvalue weighted by Crippen LogP contribution is -2.37. The van der Waals surface area contributed by atoms with Crippen molar-refractivity contribution in [2.24, 2.45) is 5.92 Å². The van der Waals surface area contributed by atoms with Crippen LogP contribution in [0.4, 0.5) is 0 Å². The van der Waals surface area contributed by atoms with Crippen molar-refractivity contribution in [1.82, 2.24) is 19.5 Å². The van der Waals surface area contributed by atoms with Gasteiger partial charge in [-0.15, -0.1) is 0 Å². The molecule has 2 heterocycles. The molecule has 1 N–H and O–H groups in total. The lowest BCUT2D eigenvalue weighted by Gasteiger charge is -2.27. The van der Waals surface area contributed by atoms with Gasteiger partial charge < -0.3 is 9.88 Å². The summed E-state index contributed by atoms with van der Waals surface area (Å²) in [5, 5.41) is 7.86. The van der Waals surface area contributed by atoms with Crippen LogP contribution in [0.25, 0.3) is 5.52 Å². The molecule has 0 aliphatic heterocycles. The highest BCUT2D eigenvalue weighted by Crippen LogP contribution is 2.23. The Bertz CT molecular complexity index is 672. The fraction of sp³-hybridized carbons (Fsp3) is 0.625. The summed E-state index contributed by atoms with van der Waals surface area (Å²) in [6, 6.07) is 2.46. The molecule has 1 fully saturated rings. The van der Waals surface area contributed by atoms with E-state index >= 15 is 0 Å². The molecule has 0 aromatic carbocycles. The summed E-state index contributed by atoms with van der Waals surface area (Å²) < 4.78 is 3.43. The van der Waals surface area contributed by atoms with Gasteiger partial charge in [-0.1, -0.05) is 19.8 Å². The second kappa shape index (κ2) is 6.02. The van der Waals surface area contributed by atoms with Crippen molar-refractivity contribution in [2.45, 2.75) is 52.1 Å². The highest BCUT2D eigenvalue weighted by molar-refractivity contribution is 5.44. The molecule has 5 heteroatoms.